The average molecular weight is 348 g/mol. The second-order valence-electron chi connectivity index (χ2n) is 7.02. The van der Waals surface area contributed by atoms with E-state index in [4.69, 9.17) is 0 Å². The summed E-state index contributed by atoms with van der Waals surface area (Å²) in [6, 6.07) is 2.85. The van der Waals surface area contributed by atoms with Crippen LogP contribution in [0.1, 0.15) is 47.1 Å². The smallest absolute Gasteiger partial charge is 0.317 e. The molecular weight excluding hydrogens is 326 g/mol. The van der Waals surface area contributed by atoms with E-state index >= 15 is 0 Å². The van der Waals surface area contributed by atoms with Crippen molar-refractivity contribution >= 4 is 29.3 Å². The molecule has 1 aromatic rings. The molecule has 0 aromatic carbocycles. The monoisotopic (exact) mass is 348 g/mol. The molecule has 0 aliphatic carbocycles. The third-order valence-electron chi connectivity index (χ3n) is 4.59. The number of nitrogens with one attached hydrogen (secondary N) is 2. The lowest BCUT2D eigenvalue weighted by Gasteiger charge is -2.32. The molecule has 1 aromatic heterocycles. The van der Waals surface area contributed by atoms with Gasteiger partial charge in [-0.15, -0.1) is 0 Å². The molecule has 2 amide bonds. The summed E-state index contributed by atoms with van der Waals surface area (Å²) in [6.45, 7) is 9.35. The second kappa shape index (κ2) is 5.99. The number of anilines is 2. The van der Waals surface area contributed by atoms with Crippen molar-refractivity contribution in [3.8, 4) is 0 Å². The van der Waals surface area contributed by atoms with Gasteiger partial charge in [-0.25, -0.2) is 4.98 Å². The van der Waals surface area contributed by atoms with Gasteiger partial charge in [0.25, 0.3) is 0 Å². The fraction of sp³-hybridized carbons (Fsp3) is 0.500. The number of pyridine rings is 1. The Bertz CT molecular complexity index is 736. The van der Waals surface area contributed by atoms with Gasteiger partial charge in [-0.05, 0) is 39.8 Å². The molecule has 9 nitrogen and oxygen atoms in total. The topological polar surface area (TPSA) is 120 Å². The fourth-order valence-electron chi connectivity index (χ4n) is 2.49. The van der Waals surface area contributed by atoms with Crippen molar-refractivity contribution in [1.82, 2.24) is 10.0 Å². The van der Waals surface area contributed by atoms with Crippen molar-refractivity contribution in [1.29, 1.82) is 0 Å². The summed E-state index contributed by atoms with van der Waals surface area (Å²) in [5, 5.41) is 31.2. The number of nitrogens with zero attached hydrogens (tertiary/aromatic N) is 3. The molecule has 9 heteroatoms. The lowest BCUT2D eigenvalue weighted by atomic mass is 9.84. The molecule has 0 saturated carbocycles. The summed E-state index contributed by atoms with van der Waals surface area (Å²) < 4.78 is 0.657. The predicted molar refractivity (Wildman–Crippen MR) is 91.3 cm³/mol. The quantitative estimate of drug-likeness (QED) is 0.633. The molecular formula is C16H22N5O4. The Hall–Kier alpha value is -2.68. The maximum absolute atomic E-state index is 12.8. The van der Waals surface area contributed by atoms with Gasteiger partial charge >= 0.3 is 5.84 Å². The van der Waals surface area contributed by atoms with Crippen LogP contribution in [-0.2, 0) is 14.8 Å². The lowest BCUT2D eigenvalue weighted by Crippen LogP contribution is -2.53. The minimum Gasteiger partial charge on any atom is -0.714 e. The summed E-state index contributed by atoms with van der Waals surface area (Å²) in [5.41, 5.74) is -1.70. The number of carbonyl (C=O) groups excluding carboxylic acids is 2. The van der Waals surface area contributed by atoms with Crippen LogP contribution in [0.15, 0.2) is 12.1 Å². The van der Waals surface area contributed by atoms with E-state index in [1.165, 1.54) is 26.0 Å². The summed E-state index contributed by atoms with van der Waals surface area (Å²) in [6.07, 6.45) is 0. The molecule has 0 bridgehead atoms. The molecule has 0 atom stereocenters. The van der Waals surface area contributed by atoms with E-state index in [1.54, 1.807) is 27.7 Å². The van der Waals surface area contributed by atoms with E-state index in [0.29, 0.717) is 9.80 Å². The van der Waals surface area contributed by atoms with Crippen molar-refractivity contribution in [2.45, 2.75) is 52.6 Å². The molecule has 2 N–H and O–H groups in total. The number of amides is 2. The van der Waals surface area contributed by atoms with E-state index in [0.717, 1.165) is 0 Å². The van der Waals surface area contributed by atoms with Gasteiger partial charge in [0.1, 0.15) is 17.2 Å². The number of hydroxylamine groups is 3. The van der Waals surface area contributed by atoms with E-state index < -0.39 is 11.1 Å². The first-order valence-corrected chi connectivity index (χ1v) is 7.77. The second-order valence-corrected chi connectivity index (χ2v) is 7.02. The summed E-state index contributed by atoms with van der Waals surface area (Å²) in [5.74, 6) is -0.575. The number of rotatable bonds is 3. The minimum absolute atomic E-state index is 0.101. The van der Waals surface area contributed by atoms with Crippen LogP contribution in [0.5, 0.6) is 0 Å². The summed E-state index contributed by atoms with van der Waals surface area (Å²) in [4.78, 5) is 26.7. The van der Waals surface area contributed by atoms with Crippen LogP contribution in [0.2, 0.25) is 0 Å². The number of hydrogen-bond donors (Lipinski definition) is 2. The zero-order valence-corrected chi connectivity index (χ0v) is 15.1. The van der Waals surface area contributed by atoms with E-state index in [-0.39, 0.29) is 34.8 Å². The maximum Gasteiger partial charge on any atom is 0.317 e. The third-order valence-corrected chi connectivity index (χ3v) is 4.59. The van der Waals surface area contributed by atoms with Gasteiger partial charge < -0.3 is 15.8 Å². The highest BCUT2D eigenvalue weighted by Crippen LogP contribution is 2.37. The predicted octanol–water partition coefficient (Wildman–Crippen LogP) is 1.47. The van der Waals surface area contributed by atoms with E-state index in [1.807, 2.05) is 0 Å². The van der Waals surface area contributed by atoms with Gasteiger partial charge in [-0.3, -0.25) is 14.3 Å². The van der Waals surface area contributed by atoms with Crippen LogP contribution in [0.3, 0.4) is 0 Å². The minimum atomic E-state index is -0.976. The first-order chi connectivity index (χ1) is 11.4. The fourth-order valence-corrected chi connectivity index (χ4v) is 2.49. The van der Waals surface area contributed by atoms with E-state index in [9.17, 15) is 20.0 Å². The Kier molecular flexibility index (Phi) is 4.47. The van der Waals surface area contributed by atoms with Gasteiger partial charge in [-0.1, -0.05) is 5.06 Å². The Morgan fingerprint density at radius 3 is 1.84 bits per heavy atom. The lowest BCUT2D eigenvalue weighted by molar-refractivity contribution is -0.539. The van der Waals surface area contributed by atoms with Crippen LogP contribution in [0, 0.1) is 5.21 Å². The average Bonchev–Trinajstić information content (AvgIpc) is 2.55. The molecule has 2 heterocycles. The molecule has 0 unspecified atom stereocenters. The van der Waals surface area contributed by atoms with Gasteiger partial charge in [0, 0.05) is 19.1 Å². The Balaban J connectivity index is 2.63. The van der Waals surface area contributed by atoms with Gasteiger partial charge in [0.2, 0.25) is 11.8 Å². The van der Waals surface area contributed by atoms with E-state index in [2.05, 4.69) is 15.6 Å². The van der Waals surface area contributed by atoms with Crippen LogP contribution in [-0.4, -0.2) is 43.5 Å². The largest absolute Gasteiger partial charge is 0.714 e. The molecule has 0 saturated heterocycles. The number of aromatic nitrogens is 1. The Morgan fingerprint density at radius 1 is 1.08 bits per heavy atom. The van der Waals surface area contributed by atoms with Crippen molar-refractivity contribution in [3.63, 3.8) is 0 Å². The van der Waals surface area contributed by atoms with Crippen LogP contribution in [0.25, 0.3) is 0 Å². The zero-order valence-electron chi connectivity index (χ0n) is 15.1. The maximum atomic E-state index is 12.8. The van der Waals surface area contributed by atoms with Gasteiger partial charge in [0.05, 0.1) is 5.56 Å². The van der Waals surface area contributed by atoms with Crippen LogP contribution >= 0.6 is 0 Å². The van der Waals surface area contributed by atoms with Crippen molar-refractivity contribution in [2.24, 2.45) is 0 Å². The van der Waals surface area contributed by atoms with Crippen molar-refractivity contribution in [2.75, 3.05) is 10.6 Å². The molecule has 135 valence electrons. The highest BCUT2D eigenvalue weighted by atomic mass is 16.5. The van der Waals surface area contributed by atoms with Crippen LogP contribution in [0.4, 0.5) is 11.6 Å². The Labute approximate surface area is 145 Å². The summed E-state index contributed by atoms with van der Waals surface area (Å²) >= 11 is 0. The number of carbonyl (C=O) groups is 2. The molecule has 0 spiro atoms. The highest BCUT2D eigenvalue weighted by Gasteiger charge is 2.60. The third kappa shape index (κ3) is 3.14. The molecule has 0 fully saturated rings. The highest BCUT2D eigenvalue weighted by molar-refractivity contribution is 5.99. The number of amidine groups is 1. The SMILES string of the molecule is CC(=O)Nc1cc(C2=[N+]([O-])C(C)(C)C(C)(C)N2[O])cc(NC(C)=O)n1. The first-order valence-electron chi connectivity index (χ1n) is 7.77. The van der Waals surface area contributed by atoms with Crippen LogP contribution < -0.4 is 10.6 Å². The molecule has 2 rings (SSSR count). The summed E-state index contributed by atoms with van der Waals surface area (Å²) in [7, 11) is 0. The van der Waals surface area contributed by atoms with Crippen molar-refractivity contribution < 1.29 is 19.5 Å². The zero-order chi connectivity index (χ0) is 19.2. The Morgan fingerprint density at radius 2 is 1.52 bits per heavy atom. The van der Waals surface area contributed by atoms with Crippen molar-refractivity contribution in [3.05, 3.63) is 22.9 Å². The number of hydrogen-bond acceptors (Lipinski definition) is 5. The molecule has 1 aliphatic rings. The molecule has 25 heavy (non-hydrogen) atoms. The normalized spacial score (nSPS) is 18.3. The van der Waals surface area contributed by atoms with Gasteiger partial charge in [-0.2, -0.15) is 0 Å². The first kappa shape index (κ1) is 18.7. The molecule has 1 aliphatic heterocycles. The standard InChI is InChI=1S/C16H22N5O4/c1-9(22)17-12-7-11(8-13(19-12)18-10(2)23)14-20(24)15(3,4)16(5,6)21(14)25/h7-8H,1-6H3,(H2,17,18,19,22,23). The van der Waals surface area contributed by atoms with Gasteiger partial charge in [0.15, 0.2) is 5.54 Å². The molecule has 1 radical (unpaired) electrons.